The fourth-order valence-electron chi connectivity index (χ4n) is 1.55. The van der Waals surface area contributed by atoms with E-state index in [1.54, 1.807) is 0 Å². The minimum Gasteiger partial charge on any atom is -0.370 e. The summed E-state index contributed by atoms with van der Waals surface area (Å²) in [5.74, 6) is 2.69. The molecule has 1 aromatic heterocycles. The van der Waals surface area contributed by atoms with E-state index in [2.05, 4.69) is 61.5 Å². The van der Waals surface area contributed by atoms with Gasteiger partial charge in [0.15, 0.2) is 0 Å². The maximum atomic E-state index is 4.65. The zero-order chi connectivity index (χ0) is 15.2. The van der Waals surface area contributed by atoms with Crippen LogP contribution in [-0.2, 0) is 5.41 Å². The molecule has 0 fully saturated rings. The predicted octanol–water partition coefficient (Wildman–Crippen LogP) is 3.76. The minimum atomic E-state index is -0.0501. The molecule has 0 spiro atoms. The Morgan fingerprint density at radius 3 is 2.30 bits per heavy atom. The molecule has 1 atom stereocenters. The van der Waals surface area contributed by atoms with Crippen molar-refractivity contribution in [1.82, 2.24) is 9.97 Å². The van der Waals surface area contributed by atoms with Crippen LogP contribution in [0.1, 0.15) is 46.9 Å². The van der Waals surface area contributed by atoms with Crippen molar-refractivity contribution in [2.24, 2.45) is 0 Å². The summed E-state index contributed by atoms with van der Waals surface area (Å²) in [5, 5.41) is 7.33. The van der Waals surface area contributed by atoms with Crippen LogP contribution in [-0.4, -0.2) is 34.6 Å². The lowest BCUT2D eigenvalue weighted by atomic mass is 9.96. The Hall–Kier alpha value is -0.970. The second-order valence-electron chi connectivity index (χ2n) is 6.07. The van der Waals surface area contributed by atoms with Gasteiger partial charge in [0.2, 0.25) is 0 Å². The summed E-state index contributed by atoms with van der Waals surface area (Å²) < 4.78 is 0. The van der Waals surface area contributed by atoms with Crippen LogP contribution in [0, 0.1) is 0 Å². The first-order valence-corrected chi connectivity index (χ1v) is 8.55. The number of nitrogens with one attached hydrogen (secondary N) is 2. The number of anilines is 2. The highest BCUT2D eigenvalue weighted by molar-refractivity contribution is 7.99. The van der Waals surface area contributed by atoms with Gasteiger partial charge >= 0.3 is 0 Å². The molecule has 0 aromatic carbocycles. The molecular formula is C15H28N4S. The van der Waals surface area contributed by atoms with Crippen LogP contribution >= 0.6 is 11.8 Å². The van der Waals surface area contributed by atoms with Crippen molar-refractivity contribution < 1.29 is 0 Å². The van der Waals surface area contributed by atoms with Crippen LogP contribution in [0.15, 0.2) is 6.07 Å². The summed E-state index contributed by atoms with van der Waals surface area (Å²) in [6.45, 7) is 12.6. The van der Waals surface area contributed by atoms with Gasteiger partial charge in [-0.25, -0.2) is 9.97 Å². The smallest absolute Gasteiger partial charge is 0.138 e. The van der Waals surface area contributed by atoms with Crippen LogP contribution in [0.25, 0.3) is 0 Å². The summed E-state index contributed by atoms with van der Waals surface area (Å²) in [4.78, 5) is 9.27. The fraction of sp³-hybridized carbons (Fsp3) is 0.733. The van der Waals surface area contributed by atoms with Crippen molar-refractivity contribution >= 4 is 23.4 Å². The van der Waals surface area contributed by atoms with Crippen molar-refractivity contribution in [2.45, 2.75) is 51.7 Å². The third-order valence-corrected chi connectivity index (χ3v) is 3.90. The van der Waals surface area contributed by atoms with Crippen molar-refractivity contribution in [2.75, 3.05) is 30.0 Å². The van der Waals surface area contributed by atoms with E-state index < -0.39 is 0 Å². The molecule has 0 aliphatic carbocycles. The first kappa shape index (κ1) is 17.1. The quantitative estimate of drug-likeness (QED) is 0.802. The van der Waals surface area contributed by atoms with E-state index in [9.17, 15) is 0 Å². The minimum absolute atomic E-state index is 0.0501. The number of rotatable bonds is 7. The summed E-state index contributed by atoms with van der Waals surface area (Å²) >= 11 is 1.85. The molecule has 0 bridgehead atoms. The van der Waals surface area contributed by atoms with Crippen LogP contribution in [0.2, 0.25) is 0 Å². The third kappa shape index (κ3) is 5.57. The molecule has 0 radical (unpaired) electrons. The molecule has 5 heteroatoms. The van der Waals surface area contributed by atoms with E-state index in [0.717, 1.165) is 37.0 Å². The molecule has 1 aromatic rings. The zero-order valence-electron chi connectivity index (χ0n) is 13.6. The molecular weight excluding hydrogens is 268 g/mol. The molecule has 0 aliphatic heterocycles. The molecule has 1 rings (SSSR count). The molecule has 20 heavy (non-hydrogen) atoms. The van der Waals surface area contributed by atoms with Crippen LogP contribution in [0.5, 0.6) is 0 Å². The van der Waals surface area contributed by atoms with Crippen molar-refractivity contribution in [3.05, 3.63) is 11.9 Å². The van der Waals surface area contributed by atoms with E-state index >= 15 is 0 Å². The van der Waals surface area contributed by atoms with Crippen LogP contribution < -0.4 is 10.6 Å². The number of nitrogens with zero attached hydrogens (tertiary/aromatic N) is 2. The summed E-state index contributed by atoms with van der Waals surface area (Å²) in [6.07, 6.45) is 3.21. The van der Waals surface area contributed by atoms with Gasteiger partial charge in [0, 0.05) is 29.8 Å². The maximum absolute atomic E-state index is 4.65. The van der Waals surface area contributed by atoms with E-state index in [-0.39, 0.29) is 5.41 Å². The Kier molecular flexibility index (Phi) is 6.59. The number of hydrogen-bond donors (Lipinski definition) is 2. The molecule has 0 saturated heterocycles. The standard InChI is InChI=1S/C15H28N4S/c1-7-8-16-12-9-13(17-10-11(2)20-6)19-14(18-12)15(3,4)5/h9,11H,7-8,10H2,1-6H3,(H2,16,17,18,19). The fourth-order valence-corrected chi connectivity index (χ4v) is 1.80. The largest absolute Gasteiger partial charge is 0.370 e. The summed E-state index contributed by atoms with van der Waals surface area (Å²) in [7, 11) is 0. The molecule has 1 unspecified atom stereocenters. The number of thioether (sulfide) groups is 1. The van der Waals surface area contributed by atoms with E-state index in [4.69, 9.17) is 0 Å². The molecule has 2 N–H and O–H groups in total. The Balaban J connectivity index is 2.91. The monoisotopic (exact) mass is 296 g/mol. The summed E-state index contributed by atoms with van der Waals surface area (Å²) in [5.41, 5.74) is -0.0501. The number of aromatic nitrogens is 2. The molecule has 0 saturated carbocycles. The molecule has 114 valence electrons. The average Bonchev–Trinajstić information content (AvgIpc) is 2.41. The first-order chi connectivity index (χ1) is 9.36. The molecule has 4 nitrogen and oxygen atoms in total. The molecule has 0 amide bonds. The van der Waals surface area contributed by atoms with Crippen LogP contribution in [0.4, 0.5) is 11.6 Å². The van der Waals surface area contributed by atoms with E-state index in [1.165, 1.54) is 0 Å². The summed E-state index contributed by atoms with van der Waals surface area (Å²) in [6, 6.07) is 2.00. The number of hydrogen-bond acceptors (Lipinski definition) is 5. The Bertz CT molecular complexity index is 415. The topological polar surface area (TPSA) is 49.8 Å². The van der Waals surface area contributed by atoms with Gasteiger partial charge in [0.25, 0.3) is 0 Å². The van der Waals surface area contributed by atoms with E-state index in [1.807, 2.05) is 17.8 Å². The normalized spacial score (nSPS) is 13.1. The second-order valence-corrected chi connectivity index (χ2v) is 7.34. The van der Waals surface area contributed by atoms with Gasteiger partial charge in [-0.15, -0.1) is 0 Å². The van der Waals surface area contributed by atoms with Crippen LogP contribution in [0.3, 0.4) is 0 Å². The predicted molar refractivity (Wildman–Crippen MR) is 91.0 cm³/mol. The molecule has 0 aliphatic rings. The average molecular weight is 296 g/mol. The Morgan fingerprint density at radius 1 is 1.20 bits per heavy atom. The van der Waals surface area contributed by atoms with Gasteiger partial charge < -0.3 is 10.6 Å². The Labute approximate surface area is 127 Å². The van der Waals surface area contributed by atoms with Gasteiger partial charge in [-0.3, -0.25) is 0 Å². The van der Waals surface area contributed by atoms with Gasteiger partial charge in [-0.1, -0.05) is 34.6 Å². The van der Waals surface area contributed by atoms with Gasteiger partial charge in [-0.2, -0.15) is 11.8 Å². The van der Waals surface area contributed by atoms with Gasteiger partial charge in [-0.05, 0) is 12.7 Å². The maximum Gasteiger partial charge on any atom is 0.138 e. The lowest BCUT2D eigenvalue weighted by molar-refractivity contribution is 0.546. The first-order valence-electron chi connectivity index (χ1n) is 7.27. The highest BCUT2D eigenvalue weighted by atomic mass is 32.2. The van der Waals surface area contributed by atoms with Crippen molar-refractivity contribution in [1.29, 1.82) is 0 Å². The van der Waals surface area contributed by atoms with Crippen molar-refractivity contribution in [3.63, 3.8) is 0 Å². The van der Waals surface area contributed by atoms with Crippen molar-refractivity contribution in [3.8, 4) is 0 Å². The Morgan fingerprint density at radius 2 is 1.80 bits per heavy atom. The zero-order valence-corrected chi connectivity index (χ0v) is 14.4. The van der Waals surface area contributed by atoms with E-state index in [0.29, 0.717) is 5.25 Å². The highest BCUT2D eigenvalue weighted by Gasteiger charge is 2.19. The SMILES string of the molecule is CCCNc1cc(NCC(C)SC)nc(C(C)(C)C)n1. The lowest BCUT2D eigenvalue weighted by Gasteiger charge is -2.20. The lowest BCUT2D eigenvalue weighted by Crippen LogP contribution is -2.20. The van der Waals surface area contributed by atoms with Gasteiger partial charge in [0.05, 0.1) is 0 Å². The second kappa shape index (κ2) is 7.72. The highest BCUT2D eigenvalue weighted by Crippen LogP contribution is 2.22. The molecule has 1 heterocycles. The van der Waals surface area contributed by atoms with Gasteiger partial charge in [0.1, 0.15) is 17.5 Å². The third-order valence-electron chi connectivity index (χ3n) is 2.93.